The van der Waals surface area contributed by atoms with Gasteiger partial charge in [0.1, 0.15) is 11.7 Å². The van der Waals surface area contributed by atoms with Gasteiger partial charge in [-0.2, -0.15) is 0 Å². The van der Waals surface area contributed by atoms with Crippen LogP contribution in [-0.4, -0.2) is 34.5 Å². The molecule has 0 aromatic carbocycles. The van der Waals surface area contributed by atoms with Crippen molar-refractivity contribution in [3.63, 3.8) is 0 Å². The second kappa shape index (κ2) is 5.38. The third kappa shape index (κ3) is 2.09. The van der Waals surface area contributed by atoms with E-state index < -0.39 is 5.60 Å². The van der Waals surface area contributed by atoms with E-state index in [0.29, 0.717) is 23.9 Å². The van der Waals surface area contributed by atoms with E-state index in [4.69, 9.17) is 9.47 Å². The Bertz CT molecular complexity index is 690. The predicted molar refractivity (Wildman–Crippen MR) is 102 cm³/mol. The molecule has 5 fully saturated rings. The Morgan fingerprint density at radius 1 is 1.15 bits per heavy atom. The highest BCUT2D eigenvalue weighted by Crippen LogP contribution is 2.74. The Hall–Kier alpha value is -0.870. The average Bonchev–Trinajstić information content (AvgIpc) is 3.24. The molecule has 4 saturated carbocycles. The van der Waals surface area contributed by atoms with E-state index in [1.54, 1.807) is 0 Å². The summed E-state index contributed by atoms with van der Waals surface area (Å²) in [5.74, 6) is 1.67. The summed E-state index contributed by atoms with van der Waals surface area (Å²) in [4.78, 5) is 11.5. The minimum atomic E-state index is -0.713. The van der Waals surface area contributed by atoms with Gasteiger partial charge in [-0.15, -0.1) is 6.58 Å². The molecule has 0 aromatic heterocycles. The van der Waals surface area contributed by atoms with E-state index in [2.05, 4.69) is 20.4 Å². The molecule has 1 N–H and O–H groups in total. The van der Waals surface area contributed by atoms with Gasteiger partial charge in [0.05, 0.1) is 11.7 Å². The molecule has 4 nitrogen and oxygen atoms in total. The van der Waals surface area contributed by atoms with Crippen LogP contribution >= 0.6 is 0 Å². The van der Waals surface area contributed by atoms with Crippen LogP contribution in [0.1, 0.15) is 72.1 Å². The molecule has 1 saturated heterocycles. The van der Waals surface area contributed by atoms with Crippen LogP contribution in [0.5, 0.6) is 0 Å². The number of epoxide rings is 1. The Balaban J connectivity index is 1.44. The van der Waals surface area contributed by atoms with Crippen LogP contribution in [0.3, 0.4) is 0 Å². The van der Waals surface area contributed by atoms with Crippen LogP contribution in [0.4, 0.5) is 0 Å². The fourth-order valence-corrected chi connectivity index (χ4v) is 8.36. The first kappa shape index (κ1) is 18.2. The van der Waals surface area contributed by atoms with E-state index in [-0.39, 0.29) is 28.5 Å². The van der Waals surface area contributed by atoms with Crippen LogP contribution in [0.15, 0.2) is 12.7 Å². The predicted octanol–water partition coefficient (Wildman–Crippen LogP) is 4.01. The summed E-state index contributed by atoms with van der Waals surface area (Å²) in [6.45, 7) is 10.2. The summed E-state index contributed by atoms with van der Waals surface area (Å²) in [5.41, 5.74) is -0.660. The highest BCUT2D eigenvalue weighted by molar-refractivity contribution is 5.66. The second-order valence-electron chi connectivity index (χ2n) is 10.6. The monoisotopic (exact) mass is 374 g/mol. The largest absolute Gasteiger partial charge is 0.462 e. The number of ether oxygens (including phenoxy) is 2. The molecule has 27 heavy (non-hydrogen) atoms. The topological polar surface area (TPSA) is 59.1 Å². The van der Waals surface area contributed by atoms with Crippen molar-refractivity contribution in [2.75, 3.05) is 0 Å². The van der Waals surface area contributed by atoms with Gasteiger partial charge in [0.25, 0.3) is 0 Å². The van der Waals surface area contributed by atoms with Gasteiger partial charge in [-0.3, -0.25) is 4.79 Å². The van der Waals surface area contributed by atoms with Gasteiger partial charge in [0.2, 0.25) is 0 Å². The minimum absolute atomic E-state index is 0.0170. The molecule has 1 aliphatic heterocycles. The number of hydrogen-bond acceptors (Lipinski definition) is 4. The molecular formula is C23H34O4. The molecule has 9 atom stereocenters. The second-order valence-corrected chi connectivity index (χ2v) is 10.6. The Kier molecular flexibility index (Phi) is 3.62. The lowest BCUT2D eigenvalue weighted by Crippen LogP contribution is -2.60. The molecule has 150 valence electrons. The Labute approximate surface area is 162 Å². The number of carbonyl (C=O) groups is 1. The van der Waals surface area contributed by atoms with Crippen molar-refractivity contribution < 1.29 is 19.4 Å². The number of hydrogen-bond donors (Lipinski definition) is 1. The van der Waals surface area contributed by atoms with E-state index >= 15 is 0 Å². The molecule has 0 bridgehead atoms. The smallest absolute Gasteiger partial charge is 0.302 e. The van der Waals surface area contributed by atoms with Crippen molar-refractivity contribution in [1.82, 2.24) is 0 Å². The van der Waals surface area contributed by atoms with E-state index in [0.717, 1.165) is 44.9 Å². The summed E-state index contributed by atoms with van der Waals surface area (Å²) in [5, 5.41) is 11.2. The van der Waals surface area contributed by atoms with Crippen molar-refractivity contribution in [3.05, 3.63) is 12.7 Å². The maximum absolute atomic E-state index is 11.5. The summed E-state index contributed by atoms with van der Waals surface area (Å²) in [6, 6.07) is 0. The number of carbonyl (C=O) groups excluding carboxylic acids is 1. The molecular weight excluding hydrogens is 340 g/mol. The maximum atomic E-state index is 11.5. The van der Waals surface area contributed by atoms with Gasteiger partial charge >= 0.3 is 5.97 Å². The number of fused-ring (bicyclic) bond motifs is 4. The summed E-state index contributed by atoms with van der Waals surface area (Å²) < 4.78 is 12.0. The molecule has 5 aliphatic rings. The van der Waals surface area contributed by atoms with Crippen molar-refractivity contribution in [1.29, 1.82) is 0 Å². The van der Waals surface area contributed by atoms with Crippen LogP contribution in [0.2, 0.25) is 0 Å². The molecule has 0 aromatic rings. The van der Waals surface area contributed by atoms with Crippen molar-refractivity contribution in [2.45, 2.75) is 95.5 Å². The zero-order valence-electron chi connectivity index (χ0n) is 17.0. The van der Waals surface area contributed by atoms with Gasteiger partial charge in [-0.1, -0.05) is 19.9 Å². The average molecular weight is 375 g/mol. The van der Waals surface area contributed by atoms with Crippen LogP contribution in [0.25, 0.3) is 0 Å². The fourth-order valence-electron chi connectivity index (χ4n) is 8.36. The van der Waals surface area contributed by atoms with E-state index in [1.807, 2.05) is 6.08 Å². The molecule has 0 amide bonds. The quantitative estimate of drug-likeness (QED) is 0.451. The number of esters is 1. The lowest BCUT2D eigenvalue weighted by Gasteiger charge is -2.60. The first-order chi connectivity index (χ1) is 12.7. The third-order valence-electron chi connectivity index (χ3n) is 9.93. The highest BCUT2D eigenvalue weighted by Gasteiger charge is 2.77. The van der Waals surface area contributed by atoms with Crippen LogP contribution in [0, 0.1) is 28.6 Å². The zero-order chi connectivity index (χ0) is 19.2. The molecule has 1 heterocycles. The summed E-state index contributed by atoms with van der Waals surface area (Å²) >= 11 is 0. The SMILES string of the molecule is C=CC1(O)CCC2C3CC4OC45CC(OC(C)=O)CCC5(C)C3CCC21C. The number of rotatable bonds is 2. The normalized spacial score (nSPS) is 58.3. The lowest BCUT2D eigenvalue weighted by molar-refractivity contribution is -0.160. The molecule has 1 spiro atoms. The maximum Gasteiger partial charge on any atom is 0.302 e. The van der Waals surface area contributed by atoms with Gasteiger partial charge in [-0.05, 0) is 62.7 Å². The molecule has 4 aliphatic carbocycles. The highest BCUT2D eigenvalue weighted by atomic mass is 16.6. The van der Waals surface area contributed by atoms with Crippen LogP contribution < -0.4 is 0 Å². The molecule has 5 rings (SSSR count). The van der Waals surface area contributed by atoms with Gasteiger partial charge in [-0.25, -0.2) is 0 Å². The zero-order valence-corrected chi connectivity index (χ0v) is 17.0. The summed E-state index contributed by atoms with van der Waals surface area (Å²) in [6.07, 6.45) is 10.4. The van der Waals surface area contributed by atoms with Crippen molar-refractivity contribution in [3.8, 4) is 0 Å². The van der Waals surface area contributed by atoms with Crippen molar-refractivity contribution >= 4 is 5.97 Å². The first-order valence-electron chi connectivity index (χ1n) is 10.9. The molecule has 9 unspecified atom stereocenters. The molecule has 0 radical (unpaired) electrons. The lowest BCUT2D eigenvalue weighted by atomic mass is 9.44. The standard InChI is InChI=1S/C23H34O4/c1-5-22(25)11-8-17-16-12-19-23(27-19)13-15(26-14(2)24)6-9-21(23,4)18(16)7-10-20(17,22)3/h5,15-19,25H,1,6-13H2,2-4H3. The summed E-state index contributed by atoms with van der Waals surface area (Å²) in [7, 11) is 0. The number of aliphatic hydroxyl groups is 1. The molecule has 4 heteroatoms. The van der Waals surface area contributed by atoms with Gasteiger partial charge < -0.3 is 14.6 Å². The Morgan fingerprint density at radius 2 is 1.81 bits per heavy atom. The van der Waals surface area contributed by atoms with Crippen molar-refractivity contribution in [2.24, 2.45) is 28.6 Å². The minimum Gasteiger partial charge on any atom is -0.462 e. The van der Waals surface area contributed by atoms with E-state index in [9.17, 15) is 9.90 Å². The Morgan fingerprint density at radius 3 is 2.52 bits per heavy atom. The first-order valence-corrected chi connectivity index (χ1v) is 10.9. The van der Waals surface area contributed by atoms with E-state index in [1.165, 1.54) is 13.3 Å². The third-order valence-corrected chi connectivity index (χ3v) is 9.93. The van der Waals surface area contributed by atoms with Gasteiger partial charge in [0.15, 0.2) is 0 Å². The fraction of sp³-hybridized carbons (Fsp3) is 0.870. The van der Waals surface area contributed by atoms with Crippen LogP contribution in [-0.2, 0) is 14.3 Å². The van der Waals surface area contributed by atoms with Gasteiger partial charge in [0, 0.05) is 24.2 Å².